The third-order valence-corrected chi connectivity index (χ3v) is 4.16. The molecule has 26 heavy (non-hydrogen) atoms. The molecule has 4 N–H and O–H groups in total. The number of fused-ring (bicyclic) bond motifs is 1. The molecule has 4 rings (SSSR count). The Balaban J connectivity index is 1.66. The molecule has 4 aromatic rings. The minimum atomic E-state index is 0.0385. The zero-order valence-corrected chi connectivity index (χ0v) is 14.3. The van der Waals surface area contributed by atoms with Crippen LogP contribution >= 0.6 is 0 Å². The van der Waals surface area contributed by atoms with E-state index < -0.39 is 0 Å². The lowest BCUT2D eigenvalue weighted by atomic mass is 10.2. The van der Waals surface area contributed by atoms with E-state index in [9.17, 15) is 0 Å². The van der Waals surface area contributed by atoms with Crippen LogP contribution in [0.15, 0.2) is 66.7 Å². The molecule has 128 valence electrons. The smallest absolute Gasteiger partial charge is 0.138 e. The fourth-order valence-electron chi connectivity index (χ4n) is 2.76. The number of rotatable bonds is 4. The van der Waals surface area contributed by atoms with Gasteiger partial charge in [-0.25, -0.2) is 4.98 Å². The van der Waals surface area contributed by atoms with Crippen molar-refractivity contribution in [3.63, 3.8) is 0 Å². The number of benzene rings is 3. The number of aromatic amines is 1. The molecule has 0 saturated carbocycles. The zero-order chi connectivity index (χ0) is 18.1. The molecule has 0 aliphatic heterocycles. The van der Waals surface area contributed by atoms with Gasteiger partial charge >= 0.3 is 0 Å². The molecule has 0 aliphatic rings. The molecule has 1 aromatic heterocycles. The molecule has 5 heteroatoms. The summed E-state index contributed by atoms with van der Waals surface area (Å²) >= 11 is 0. The lowest BCUT2D eigenvalue weighted by molar-refractivity contribution is 0.483. The van der Waals surface area contributed by atoms with Crippen LogP contribution in [0.3, 0.4) is 0 Å². The zero-order valence-electron chi connectivity index (χ0n) is 14.3. The SMILES string of the molecule is Cc1ccc(Oc2cccc(-c3nc4ccc(C(=N)N)cc4[nH]3)c2)cc1. The number of nitrogen functional groups attached to an aromatic ring is 1. The monoisotopic (exact) mass is 342 g/mol. The van der Waals surface area contributed by atoms with Gasteiger partial charge in [0.25, 0.3) is 0 Å². The molecule has 0 saturated heterocycles. The van der Waals surface area contributed by atoms with Gasteiger partial charge in [-0.05, 0) is 49.4 Å². The average molecular weight is 342 g/mol. The van der Waals surface area contributed by atoms with Crippen molar-refractivity contribution in [3.05, 3.63) is 77.9 Å². The van der Waals surface area contributed by atoms with E-state index in [0.29, 0.717) is 5.56 Å². The lowest BCUT2D eigenvalue weighted by Gasteiger charge is -2.07. The molecule has 0 unspecified atom stereocenters. The molecule has 3 aromatic carbocycles. The quantitative estimate of drug-likeness (QED) is 0.374. The van der Waals surface area contributed by atoms with Gasteiger partial charge in [-0.1, -0.05) is 29.8 Å². The van der Waals surface area contributed by atoms with Crippen LogP contribution < -0.4 is 10.5 Å². The molecule has 5 nitrogen and oxygen atoms in total. The van der Waals surface area contributed by atoms with Crippen molar-refractivity contribution < 1.29 is 4.74 Å². The van der Waals surface area contributed by atoms with Crippen LogP contribution in [0.5, 0.6) is 11.5 Å². The van der Waals surface area contributed by atoms with Gasteiger partial charge in [0.05, 0.1) is 11.0 Å². The standard InChI is InChI=1S/C21H18N4O/c1-13-5-8-16(9-6-13)26-17-4-2-3-15(11-17)21-24-18-10-7-14(20(22)23)12-19(18)25-21/h2-12H,1H3,(H3,22,23)(H,24,25). The lowest BCUT2D eigenvalue weighted by Crippen LogP contribution is -2.10. The summed E-state index contributed by atoms with van der Waals surface area (Å²) in [6.07, 6.45) is 0. The van der Waals surface area contributed by atoms with Crippen LogP contribution in [0.1, 0.15) is 11.1 Å². The average Bonchev–Trinajstić information content (AvgIpc) is 3.07. The van der Waals surface area contributed by atoms with Crippen molar-refractivity contribution in [3.8, 4) is 22.9 Å². The first kappa shape index (κ1) is 15.9. The summed E-state index contributed by atoms with van der Waals surface area (Å²) in [4.78, 5) is 7.91. The first-order valence-corrected chi connectivity index (χ1v) is 8.27. The van der Waals surface area contributed by atoms with Crippen molar-refractivity contribution >= 4 is 16.9 Å². The Bertz CT molecular complexity index is 1100. The van der Waals surface area contributed by atoms with E-state index in [1.165, 1.54) is 5.56 Å². The van der Waals surface area contributed by atoms with E-state index >= 15 is 0 Å². The van der Waals surface area contributed by atoms with Crippen molar-refractivity contribution in [1.29, 1.82) is 5.41 Å². The number of ether oxygens (including phenoxy) is 1. The molecule has 0 bridgehead atoms. The molecular formula is C21H18N4O. The number of imidazole rings is 1. The number of nitrogens with one attached hydrogen (secondary N) is 2. The van der Waals surface area contributed by atoms with Crippen molar-refractivity contribution in [2.45, 2.75) is 6.92 Å². The molecule has 0 spiro atoms. The topological polar surface area (TPSA) is 87.8 Å². The second kappa shape index (κ2) is 6.37. The molecule has 0 amide bonds. The fraction of sp³-hybridized carbons (Fsp3) is 0.0476. The van der Waals surface area contributed by atoms with Crippen LogP contribution in [-0.4, -0.2) is 15.8 Å². The summed E-state index contributed by atoms with van der Waals surface area (Å²) in [6, 6.07) is 21.2. The molecule has 0 atom stereocenters. The number of aromatic nitrogens is 2. The van der Waals surface area contributed by atoms with E-state index in [1.807, 2.05) is 67.6 Å². The number of hydrogen-bond acceptors (Lipinski definition) is 3. The normalized spacial score (nSPS) is 10.8. The molecule has 0 fully saturated rings. The van der Waals surface area contributed by atoms with Crippen molar-refractivity contribution in [2.75, 3.05) is 0 Å². The summed E-state index contributed by atoms with van der Waals surface area (Å²) in [6.45, 7) is 2.05. The largest absolute Gasteiger partial charge is 0.457 e. The van der Waals surface area contributed by atoms with Gasteiger partial charge in [-0.2, -0.15) is 0 Å². The van der Waals surface area contributed by atoms with Gasteiger partial charge in [0.2, 0.25) is 0 Å². The van der Waals surface area contributed by atoms with Crippen molar-refractivity contribution in [2.24, 2.45) is 5.73 Å². The number of amidine groups is 1. The van der Waals surface area contributed by atoms with E-state index in [1.54, 1.807) is 6.07 Å². The summed E-state index contributed by atoms with van der Waals surface area (Å²) in [5, 5.41) is 7.56. The summed E-state index contributed by atoms with van der Waals surface area (Å²) < 4.78 is 5.93. The Kier molecular flexibility index (Phi) is 3.89. The summed E-state index contributed by atoms with van der Waals surface area (Å²) in [5.41, 5.74) is 10.0. The minimum absolute atomic E-state index is 0.0385. The maximum atomic E-state index is 7.56. The number of hydrogen-bond donors (Lipinski definition) is 3. The van der Waals surface area contributed by atoms with Gasteiger partial charge in [-0.15, -0.1) is 0 Å². The highest BCUT2D eigenvalue weighted by Crippen LogP contribution is 2.27. The Morgan fingerprint density at radius 1 is 1.00 bits per heavy atom. The number of nitrogens with two attached hydrogens (primary N) is 1. The maximum Gasteiger partial charge on any atom is 0.138 e. The highest BCUT2D eigenvalue weighted by atomic mass is 16.5. The van der Waals surface area contributed by atoms with Gasteiger partial charge in [-0.3, -0.25) is 5.41 Å². The van der Waals surface area contributed by atoms with Gasteiger partial charge in [0.1, 0.15) is 23.2 Å². The van der Waals surface area contributed by atoms with Crippen LogP contribution in [0.4, 0.5) is 0 Å². The summed E-state index contributed by atoms with van der Waals surface area (Å²) in [7, 11) is 0. The number of H-pyrrole nitrogens is 1. The third kappa shape index (κ3) is 3.15. The first-order chi connectivity index (χ1) is 12.6. The van der Waals surface area contributed by atoms with Gasteiger partial charge < -0.3 is 15.5 Å². The number of nitrogens with zero attached hydrogens (tertiary/aromatic N) is 1. The fourth-order valence-corrected chi connectivity index (χ4v) is 2.76. The van der Waals surface area contributed by atoms with E-state index in [-0.39, 0.29) is 5.84 Å². The van der Waals surface area contributed by atoms with E-state index in [0.717, 1.165) is 33.9 Å². The molecule has 0 radical (unpaired) electrons. The first-order valence-electron chi connectivity index (χ1n) is 8.27. The molecular weight excluding hydrogens is 324 g/mol. The van der Waals surface area contributed by atoms with E-state index in [4.69, 9.17) is 15.9 Å². The highest BCUT2D eigenvalue weighted by molar-refractivity contribution is 5.98. The Hall–Kier alpha value is -3.60. The maximum absolute atomic E-state index is 7.56. The van der Waals surface area contributed by atoms with E-state index in [2.05, 4.69) is 9.97 Å². The van der Waals surface area contributed by atoms with Crippen LogP contribution in [0.2, 0.25) is 0 Å². The second-order valence-electron chi connectivity index (χ2n) is 6.17. The Morgan fingerprint density at radius 2 is 1.81 bits per heavy atom. The van der Waals surface area contributed by atoms with Gasteiger partial charge in [0, 0.05) is 11.1 Å². The van der Waals surface area contributed by atoms with Crippen LogP contribution in [0, 0.1) is 12.3 Å². The summed E-state index contributed by atoms with van der Waals surface area (Å²) in [5.74, 6) is 2.33. The second-order valence-corrected chi connectivity index (χ2v) is 6.17. The van der Waals surface area contributed by atoms with Crippen LogP contribution in [0.25, 0.3) is 22.4 Å². The van der Waals surface area contributed by atoms with Crippen molar-refractivity contribution in [1.82, 2.24) is 9.97 Å². The Labute approximate surface area is 151 Å². The third-order valence-electron chi connectivity index (χ3n) is 4.16. The van der Waals surface area contributed by atoms with Gasteiger partial charge in [0.15, 0.2) is 0 Å². The highest BCUT2D eigenvalue weighted by Gasteiger charge is 2.08. The van der Waals surface area contributed by atoms with Crippen LogP contribution in [-0.2, 0) is 0 Å². The number of aryl methyl sites for hydroxylation is 1. The predicted octanol–water partition coefficient (Wildman–Crippen LogP) is 4.61. The molecule has 1 heterocycles. The minimum Gasteiger partial charge on any atom is -0.457 e. The molecule has 0 aliphatic carbocycles. The predicted molar refractivity (Wildman–Crippen MR) is 104 cm³/mol. The Morgan fingerprint density at radius 3 is 2.58 bits per heavy atom.